The van der Waals surface area contributed by atoms with E-state index in [1.54, 1.807) is 0 Å². The Labute approximate surface area is 116 Å². The molecular formula is C14H14FN2OS+. The average Bonchev–Trinajstić information content (AvgIpc) is 2.42. The van der Waals surface area contributed by atoms with Gasteiger partial charge in [0.05, 0.1) is 6.54 Å². The molecule has 0 saturated carbocycles. The van der Waals surface area contributed by atoms with Crippen molar-refractivity contribution in [1.82, 2.24) is 0 Å². The second-order valence-corrected chi connectivity index (χ2v) is 4.29. The molecule has 5 heteroatoms. The molecule has 0 fully saturated rings. The summed E-state index contributed by atoms with van der Waals surface area (Å²) in [6.45, 7) is 0.747. The van der Waals surface area contributed by atoms with Crippen LogP contribution in [0.2, 0.25) is 0 Å². The number of quaternary nitrogens is 1. The van der Waals surface area contributed by atoms with E-state index in [-0.39, 0.29) is 11.0 Å². The van der Waals surface area contributed by atoms with Gasteiger partial charge in [0, 0.05) is 11.3 Å². The molecular weight excluding hydrogens is 263 g/mol. The standard InChI is InChI=1S/C14H13FN2OS/c15-11-3-7-13(8-4-11)18-14(19)17-12-5-1-10(9-16)2-6-12/h1-8H,9,16H2,(H,17,19)/p+1. The van der Waals surface area contributed by atoms with E-state index in [1.165, 1.54) is 24.3 Å². The first-order valence-electron chi connectivity index (χ1n) is 5.80. The summed E-state index contributed by atoms with van der Waals surface area (Å²) in [5, 5.41) is 3.17. The zero-order valence-corrected chi connectivity index (χ0v) is 11.0. The van der Waals surface area contributed by atoms with E-state index in [4.69, 9.17) is 17.0 Å². The highest BCUT2D eigenvalue weighted by molar-refractivity contribution is 7.80. The molecule has 0 aliphatic heterocycles. The van der Waals surface area contributed by atoms with E-state index < -0.39 is 0 Å². The maximum absolute atomic E-state index is 12.7. The van der Waals surface area contributed by atoms with E-state index in [0.29, 0.717) is 5.75 Å². The fraction of sp³-hybridized carbons (Fsp3) is 0.0714. The smallest absolute Gasteiger partial charge is 0.266 e. The largest absolute Gasteiger partial charge is 0.432 e. The third-order valence-electron chi connectivity index (χ3n) is 2.51. The second-order valence-electron chi connectivity index (χ2n) is 3.92. The Morgan fingerprint density at radius 3 is 2.32 bits per heavy atom. The van der Waals surface area contributed by atoms with E-state index in [2.05, 4.69) is 11.1 Å². The lowest BCUT2D eigenvalue weighted by molar-refractivity contribution is -0.386. The summed E-state index contributed by atoms with van der Waals surface area (Å²) in [5.41, 5.74) is 5.79. The maximum Gasteiger partial charge on any atom is 0.266 e. The van der Waals surface area contributed by atoms with Crippen molar-refractivity contribution < 1.29 is 14.9 Å². The molecule has 0 spiro atoms. The van der Waals surface area contributed by atoms with Crippen LogP contribution in [-0.4, -0.2) is 5.17 Å². The number of rotatable bonds is 3. The SMILES string of the molecule is [NH3+]Cc1ccc(NC(=S)Oc2ccc(F)cc2)cc1. The van der Waals surface area contributed by atoms with Gasteiger partial charge in [0.25, 0.3) is 5.17 Å². The number of hydrogen-bond acceptors (Lipinski definition) is 2. The van der Waals surface area contributed by atoms with Gasteiger partial charge >= 0.3 is 0 Å². The first-order valence-corrected chi connectivity index (χ1v) is 6.21. The first-order chi connectivity index (χ1) is 9.17. The molecule has 4 N–H and O–H groups in total. The van der Waals surface area contributed by atoms with Crippen LogP contribution < -0.4 is 15.8 Å². The van der Waals surface area contributed by atoms with E-state index in [0.717, 1.165) is 17.8 Å². The predicted molar refractivity (Wildman–Crippen MR) is 76.3 cm³/mol. The molecule has 0 aliphatic rings. The lowest BCUT2D eigenvalue weighted by Crippen LogP contribution is -2.47. The number of benzene rings is 2. The minimum atomic E-state index is -0.310. The molecule has 3 nitrogen and oxygen atoms in total. The Morgan fingerprint density at radius 2 is 1.74 bits per heavy atom. The number of nitrogens with one attached hydrogen (secondary N) is 1. The molecule has 2 aromatic carbocycles. The van der Waals surface area contributed by atoms with Gasteiger partial charge in [-0.25, -0.2) is 4.39 Å². The predicted octanol–water partition coefficient (Wildman–Crippen LogP) is 2.34. The Balaban J connectivity index is 1.95. The summed E-state index contributed by atoms with van der Waals surface area (Å²) in [4.78, 5) is 0. The van der Waals surface area contributed by atoms with E-state index in [1.807, 2.05) is 24.3 Å². The molecule has 0 aliphatic carbocycles. The van der Waals surface area contributed by atoms with Crippen molar-refractivity contribution >= 4 is 23.1 Å². The van der Waals surface area contributed by atoms with Gasteiger partial charge in [-0.15, -0.1) is 0 Å². The topological polar surface area (TPSA) is 48.9 Å². The van der Waals surface area contributed by atoms with E-state index in [9.17, 15) is 4.39 Å². The van der Waals surface area contributed by atoms with Gasteiger partial charge in [-0.3, -0.25) is 0 Å². The molecule has 0 amide bonds. The lowest BCUT2D eigenvalue weighted by Gasteiger charge is -2.09. The molecule has 2 rings (SSSR count). The number of anilines is 1. The molecule has 0 saturated heterocycles. The zero-order valence-electron chi connectivity index (χ0n) is 10.2. The van der Waals surface area contributed by atoms with Crippen molar-refractivity contribution in [1.29, 1.82) is 0 Å². The quantitative estimate of drug-likeness (QED) is 0.847. The number of ether oxygens (including phenoxy) is 1. The molecule has 0 atom stereocenters. The molecule has 19 heavy (non-hydrogen) atoms. The Kier molecular flexibility index (Phi) is 4.43. The summed E-state index contributed by atoms with van der Waals surface area (Å²) in [5.74, 6) is 0.184. The average molecular weight is 277 g/mol. The maximum atomic E-state index is 12.7. The Hall–Kier alpha value is -1.98. The van der Waals surface area contributed by atoms with Crippen molar-refractivity contribution in [3.63, 3.8) is 0 Å². The molecule has 0 radical (unpaired) electrons. The Bertz CT molecular complexity index is 555. The van der Waals surface area contributed by atoms with Gasteiger partial charge in [-0.1, -0.05) is 12.1 Å². The number of thiocarbonyl (C=S) groups is 1. The van der Waals surface area contributed by atoms with Crippen LogP contribution in [0, 0.1) is 5.82 Å². The fourth-order valence-corrected chi connectivity index (χ4v) is 1.72. The van der Waals surface area contributed by atoms with E-state index >= 15 is 0 Å². The van der Waals surface area contributed by atoms with Gasteiger partial charge in [0.2, 0.25) is 0 Å². The van der Waals surface area contributed by atoms with Gasteiger partial charge < -0.3 is 15.8 Å². The normalized spacial score (nSPS) is 10.0. The van der Waals surface area contributed by atoms with Crippen molar-refractivity contribution in [2.24, 2.45) is 0 Å². The van der Waals surface area contributed by atoms with Gasteiger partial charge in [-0.05, 0) is 48.6 Å². The Morgan fingerprint density at radius 1 is 1.11 bits per heavy atom. The molecule has 0 aromatic heterocycles. The minimum Gasteiger partial charge on any atom is -0.432 e. The van der Waals surface area contributed by atoms with Crippen molar-refractivity contribution in [2.75, 3.05) is 5.32 Å². The molecule has 0 unspecified atom stereocenters. The van der Waals surface area contributed by atoms with Crippen LogP contribution in [0.25, 0.3) is 0 Å². The van der Waals surface area contributed by atoms with Crippen LogP contribution in [0.1, 0.15) is 5.56 Å². The summed E-state index contributed by atoms with van der Waals surface area (Å²) in [6, 6.07) is 13.4. The third kappa shape index (κ3) is 4.01. The number of hydrogen-bond donors (Lipinski definition) is 2. The van der Waals surface area contributed by atoms with Crippen molar-refractivity contribution in [3.8, 4) is 5.75 Å². The van der Waals surface area contributed by atoms with Crippen LogP contribution in [0.3, 0.4) is 0 Å². The lowest BCUT2D eigenvalue weighted by atomic mass is 10.2. The van der Waals surface area contributed by atoms with Crippen molar-refractivity contribution in [2.45, 2.75) is 6.54 Å². The molecule has 98 valence electrons. The van der Waals surface area contributed by atoms with Gasteiger partial charge in [0.15, 0.2) is 0 Å². The summed E-state index contributed by atoms with van der Waals surface area (Å²) in [6.07, 6.45) is 0. The summed E-state index contributed by atoms with van der Waals surface area (Å²) < 4.78 is 18.1. The minimum absolute atomic E-state index is 0.217. The monoisotopic (exact) mass is 277 g/mol. The van der Waals surface area contributed by atoms with Gasteiger partial charge in [0.1, 0.15) is 11.6 Å². The molecule has 0 bridgehead atoms. The highest BCUT2D eigenvalue weighted by atomic mass is 32.1. The molecule has 0 heterocycles. The third-order valence-corrected chi connectivity index (χ3v) is 2.70. The zero-order chi connectivity index (χ0) is 13.7. The molecule has 2 aromatic rings. The van der Waals surface area contributed by atoms with Crippen molar-refractivity contribution in [3.05, 3.63) is 59.9 Å². The van der Waals surface area contributed by atoms with Crippen LogP contribution in [-0.2, 0) is 6.54 Å². The first kappa shape index (κ1) is 13.5. The van der Waals surface area contributed by atoms with Crippen LogP contribution >= 0.6 is 12.2 Å². The number of halogens is 1. The van der Waals surface area contributed by atoms with Gasteiger partial charge in [-0.2, -0.15) is 0 Å². The highest BCUT2D eigenvalue weighted by Crippen LogP contribution is 2.13. The van der Waals surface area contributed by atoms with Crippen LogP contribution in [0.4, 0.5) is 10.1 Å². The fourth-order valence-electron chi connectivity index (χ4n) is 1.51. The summed E-state index contributed by atoms with van der Waals surface area (Å²) in [7, 11) is 0. The summed E-state index contributed by atoms with van der Waals surface area (Å²) >= 11 is 5.07. The highest BCUT2D eigenvalue weighted by Gasteiger charge is 2.02. The van der Waals surface area contributed by atoms with Crippen LogP contribution in [0.15, 0.2) is 48.5 Å². The second kappa shape index (κ2) is 6.26. The van der Waals surface area contributed by atoms with Crippen LogP contribution in [0.5, 0.6) is 5.75 Å².